The van der Waals surface area contributed by atoms with E-state index in [1.165, 1.54) is 10.8 Å². The molecule has 0 saturated carbocycles. The Morgan fingerprint density at radius 2 is 2.07 bits per heavy atom. The number of benzene rings is 1. The molecule has 1 heterocycles. The summed E-state index contributed by atoms with van der Waals surface area (Å²) in [6, 6.07) is 1.83. The zero-order chi connectivity index (χ0) is 21.7. The SMILES string of the molecule is CCCCC(C)n1cc(C(=O)NCc2ccc(F)c(Cl)c2F)c(=O)c(O)c1C=O. The molecule has 0 fully saturated rings. The Morgan fingerprint density at radius 1 is 1.38 bits per heavy atom. The van der Waals surface area contributed by atoms with Crippen LogP contribution in [0.25, 0.3) is 0 Å². The fourth-order valence-electron chi connectivity index (χ4n) is 2.89. The number of pyridine rings is 1. The molecular weight excluding hydrogens is 406 g/mol. The topological polar surface area (TPSA) is 88.4 Å². The molecule has 2 aromatic rings. The number of rotatable bonds is 8. The molecule has 0 saturated heterocycles. The number of carbonyl (C=O) groups is 2. The molecular formula is C20H21ClF2N2O4. The van der Waals surface area contributed by atoms with Crippen LogP contribution in [-0.2, 0) is 6.54 Å². The Balaban J connectivity index is 2.34. The number of hydrogen-bond acceptors (Lipinski definition) is 4. The van der Waals surface area contributed by atoms with Crippen LogP contribution in [0.3, 0.4) is 0 Å². The van der Waals surface area contributed by atoms with E-state index in [1.54, 1.807) is 6.92 Å². The van der Waals surface area contributed by atoms with Gasteiger partial charge in [0, 0.05) is 24.3 Å². The highest BCUT2D eigenvalue weighted by Crippen LogP contribution is 2.23. The monoisotopic (exact) mass is 426 g/mol. The number of aromatic hydroxyl groups is 1. The molecule has 0 aliphatic rings. The number of nitrogens with one attached hydrogen (secondary N) is 1. The van der Waals surface area contributed by atoms with Gasteiger partial charge in [-0.15, -0.1) is 0 Å². The average molecular weight is 427 g/mol. The molecule has 1 atom stereocenters. The van der Waals surface area contributed by atoms with Crippen LogP contribution in [0.15, 0.2) is 23.1 Å². The Morgan fingerprint density at radius 3 is 2.69 bits per heavy atom. The van der Waals surface area contributed by atoms with Crippen molar-refractivity contribution >= 4 is 23.8 Å². The van der Waals surface area contributed by atoms with Crippen molar-refractivity contribution in [2.24, 2.45) is 0 Å². The van der Waals surface area contributed by atoms with Crippen molar-refractivity contribution in [1.29, 1.82) is 0 Å². The summed E-state index contributed by atoms with van der Waals surface area (Å²) >= 11 is 5.51. The Hall–Kier alpha value is -2.74. The van der Waals surface area contributed by atoms with E-state index >= 15 is 0 Å². The molecule has 6 nitrogen and oxygen atoms in total. The lowest BCUT2D eigenvalue weighted by Gasteiger charge is -2.20. The van der Waals surface area contributed by atoms with Gasteiger partial charge in [0.15, 0.2) is 12.0 Å². The van der Waals surface area contributed by atoms with E-state index in [2.05, 4.69) is 5.32 Å². The lowest BCUT2D eigenvalue weighted by Crippen LogP contribution is -2.31. The highest BCUT2D eigenvalue weighted by atomic mass is 35.5. The first-order chi connectivity index (χ1) is 13.7. The van der Waals surface area contributed by atoms with E-state index in [-0.39, 0.29) is 23.8 Å². The number of halogens is 3. The van der Waals surface area contributed by atoms with Crippen molar-refractivity contribution in [1.82, 2.24) is 9.88 Å². The molecule has 2 rings (SSSR count). The largest absolute Gasteiger partial charge is 0.503 e. The van der Waals surface area contributed by atoms with Gasteiger partial charge in [-0.2, -0.15) is 0 Å². The number of aromatic nitrogens is 1. The lowest BCUT2D eigenvalue weighted by atomic mass is 10.1. The van der Waals surface area contributed by atoms with Crippen LogP contribution in [0.1, 0.15) is 65.6 Å². The number of aldehydes is 1. The minimum absolute atomic E-state index is 0.0740. The molecule has 0 bridgehead atoms. The zero-order valence-electron chi connectivity index (χ0n) is 16.0. The number of nitrogens with zero attached hydrogens (tertiary/aromatic N) is 1. The molecule has 1 unspecified atom stereocenters. The highest BCUT2D eigenvalue weighted by Gasteiger charge is 2.22. The molecule has 0 radical (unpaired) electrons. The molecule has 0 spiro atoms. The van der Waals surface area contributed by atoms with Gasteiger partial charge in [-0.3, -0.25) is 14.4 Å². The summed E-state index contributed by atoms with van der Waals surface area (Å²) < 4.78 is 28.6. The number of hydrogen-bond donors (Lipinski definition) is 2. The van der Waals surface area contributed by atoms with Crippen molar-refractivity contribution in [3.05, 3.63) is 62.0 Å². The molecule has 156 valence electrons. The molecule has 0 aliphatic heterocycles. The van der Waals surface area contributed by atoms with Gasteiger partial charge >= 0.3 is 0 Å². The summed E-state index contributed by atoms with van der Waals surface area (Å²) in [5.41, 5.74) is -1.70. The van der Waals surface area contributed by atoms with Gasteiger partial charge in [-0.1, -0.05) is 37.4 Å². The van der Waals surface area contributed by atoms with E-state index in [1.807, 2.05) is 6.92 Å². The number of unbranched alkanes of at least 4 members (excludes halogenated alkanes) is 1. The fraction of sp³-hybridized carbons (Fsp3) is 0.350. The van der Waals surface area contributed by atoms with Crippen LogP contribution in [-0.4, -0.2) is 21.9 Å². The second-order valence-electron chi connectivity index (χ2n) is 6.64. The van der Waals surface area contributed by atoms with Gasteiger partial charge < -0.3 is 15.0 Å². The van der Waals surface area contributed by atoms with E-state index in [0.717, 1.165) is 25.0 Å². The van der Waals surface area contributed by atoms with Crippen molar-refractivity contribution < 1.29 is 23.5 Å². The quantitative estimate of drug-likeness (QED) is 0.493. The Labute approximate surface area is 171 Å². The minimum Gasteiger partial charge on any atom is -0.503 e. The molecule has 0 aliphatic carbocycles. The number of carbonyl (C=O) groups excluding carboxylic acids is 2. The van der Waals surface area contributed by atoms with Crippen LogP contribution < -0.4 is 10.7 Å². The van der Waals surface area contributed by atoms with Gasteiger partial charge in [-0.25, -0.2) is 8.78 Å². The van der Waals surface area contributed by atoms with E-state index in [4.69, 9.17) is 11.6 Å². The maximum absolute atomic E-state index is 14.0. The van der Waals surface area contributed by atoms with Gasteiger partial charge in [0.1, 0.15) is 27.9 Å². The third-order valence-corrected chi connectivity index (χ3v) is 4.96. The molecule has 1 aromatic carbocycles. The van der Waals surface area contributed by atoms with Gasteiger partial charge in [0.2, 0.25) is 5.43 Å². The predicted molar refractivity (Wildman–Crippen MR) is 105 cm³/mol. The Bertz CT molecular complexity index is 991. The van der Waals surface area contributed by atoms with E-state index < -0.39 is 39.3 Å². The fourth-order valence-corrected chi connectivity index (χ4v) is 3.07. The second kappa shape index (κ2) is 9.65. The van der Waals surface area contributed by atoms with Gasteiger partial charge in [0.05, 0.1) is 0 Å². The average Bonchev–Trinajstić information content (AvgIpc) is 2.71. The molecule has 2 N–H and O–H groups in total. The van der Waals surface area contributed by atoms with Crippen LogP contribution in [0, 0.1) is 11.6 Å². The minimum atomic E-state index is -1.02. The Kier molecular flexibility index (Phi) is 7.50. The normalized spacial score (nSPS) is 11.9. The summed E-state index contributed by atoms with van der Waals surface area (Å²) in [6.07, 6.45) is 3.98. The first-order valence-electron chi connectivity index (χ1n) is 9.06. The molecule has 1 amide bonds. The third-order valence-electron chi connectivity index (χ3n) is 4.61. The van der Waals surface area contributed by atoms with Crippen molar-refractivity contribution in [2.75, 3.05) is 0 Å². The molecule has 1 aromatic heterocycles. The van der Waals surface area contributed by atoms with E-state index in [0.29, 0.717) is 12.7 Å². The summed E-state index contributed by atoms with van der Waals surface area (Å²) in [5, 5.41) is 11.8. The van der Waals surface area contributed by atoms with Crippen molar-refractivity contribution in [3.63, 3.8) is 0 Å². The lowest BCUT2D eigenvalue weighted by molar-refractivity contribution is 0.0946. The van der Waals surface area contributed by atoms with Crippen LogP contribution in [0.4, 0.5) is 8.78 Å². The predicted octanol–water partition coefficient (Wildman–Crippen LogP) is 3.98. The first-order valence-corrected chi connectivity index (χ1v) is 9.44. The standard InChI is InChI=1S/C20H21ClF2N2O4/c1-3-4-5-11(2)25-9-13(18(27)19(28)15(25)10-26)20(29)24-8-12-6-7-14(22)16(21)17(12)23/h6-7,9-11,28H,3-5,8H2,1-2H3,(H,24,29). The molecule has 9 heteroatoms. The highest BCUT2D eigenvalue weighted by molar-refractivity contribution is 6.30. The number of amides is 1. The first kappa shape index (κ1) is 22.5. The van der Waals surface area contributed by atoms with Crippen molar-refractivity contribution in [2.45, 2.75) is 45.7 Å². The van der Waals surface area contributed by atoms with Crippen LogP contribution in [0.2, 0.25) is 5.02 Å². The van der Waals surface area contributed by atoms with Gasteiger partial charge in [-0.05, 0) is 19.4 Å². The maximum atomic E-state index is 14.0. The van der Waals surface area contributed by atoms with Crippen LogP contribution in [0.5, 0.6) is 5.75 Å². The molecule has 29 heavy (non-hydrogen) atoms. The van der Waals surface area contributed by atoms with Crippen molar-refractivity contribution in [3.8, 4) is 5.75 Å². The summed E-state index contributed by atoms with van der Waals surface area (Å²) in [4.78, 5) is 36.2. The second-order valence-corrected chi connectivity index (χ2v) is 7.02. The summed E-state index contributed by atoms with van der Waals surface area (Å²) in [6.45, 7) is 3.44. The smallest absolute Gasteiger partial charge is 0.257 e. The maximum Gasteiger partial charge on any atom is 0.257 e. The summed E-state index contributed by atoms with van der Waals surface area (Å²) in [7, 11) is 0. The van der Waals surface area contributed by atoms with Crippen LogP contribution >= 0.6 is 11.6 Å². The summed E-state index contributed by atoms with van der Waals surface area (Å²) in [5.74, 6) is -3.65. The third kappa shape index (κ3) is 4.82. The zero-order valence-corrected chi connectivity index (χ0v) is 16.7. The van der Waals surface area contributed by atoms with E-state index in [9.17, 15) is 28.3 Å². The van der Waals surface area contributed by atoms with Gasteiger partial charge in [0.25, 0.3) is 5.91 Å².